The standard InChI is InChI=1S/C37H43N11O7S3/c1-5-47(6-2)25-17-19-27(43-45-29-13-9-11-15-33(29)57(50,51)52)31(23-25)38-35-40-36(42-37(41-35)56-22-21-49)39-32-24-26(48(7-3)8-4)18-20-28(32)44-46-30-14-10-12-16-34(30)58(53,54)55/h9-20,23-24,49H,5-8,21-22H2,1-4H3,(H,50,51,52)(H,53,54,55)(H2,38,39,40,41,42). The maximum absolute atomic E-state index is 12.0. The van der Waals surface area contributed by atoms with E-state index in [4.69, 9.17) is 0 Å². The van der Waals surface area contributed by atoms with Crippen LogP contribution in [0.15, 0.2) is 120 Å². The number of rotatable bonds is 19. The number of benzene rings is 4. The third-order valence-corrected chi connectivity index (χ3v) is 11.1. The summed E-state index contributed by atoms with van der Waals surface area (Å²) < 4.78 is 67.6. The molecule has 5 rings (SSSR count). The highest BCUT2D eigenvalue weighted by atomic mass is 32.2. The van der Waals surface area contributed by atoms with Gasteiger partial charge in [0, 0.05) is 43.3 Å². The molecule has 0 spiro atoms. The third-order valence-electron chi connectivity index (χ3n) is 8.47. The van der Waals surface area contributed by atoms with Gasteiger partial charge in [-0.3, -0.25) is 9.11 Å². The van der Waals surface area contributed by atoms with Crippen molar-refractivity contribution in [2.45, 2.75) is 42.6 Å². The zero-order chi connectivity index (χ0) is 41.9. The van der Waals surface area contributed by atoms with Gasteiger partial charge in [0.15, 0.2) is 5.16 Å². The van der Waals surface area contributed by atoms with Crippen LogP contribution in [-0.4, -0.2) is 84.5 Å². The lowest BCUT2D eigenvalue weighted by Crippen LogP contribution is -2.21. The van der Waals surface area contributed by atoms with Gasteiger partial charge in [0.25, 0.3) is 20.2 Å². The number of aromatic nitrogens is 3. The summed E-state index contributed by atoms with van der Waals surface area (Å²) in [6.45, 7) is 10.7. The molecule has 0 unspecified atom stereocenters. The van der Waals surface area contributed by atoms with Gasteiger partial charge in [-0.15, -0.1) is 20.5 Å². The molecule has 0 bridgehead atoms. The fraction of sp³-hybridized carbons (Fsp3) is 0.270. The van der Waals surface area contributed by atoms with E-state index in [1.165, 1.54) is 48.2 Å². The van der Waals surface area contributed by atoms with E-state index in [-0.39, 0.29) is 40.8 Å². The summed E-state index contributed by atoms with van der Waals surface area (Å²) in [5, 5.41) is 33.3. The second-order valence-corrected chi connectivity index (χ2v) is 16.0. The number of hydrogen-bond donors (Lipinski definition) is 5. The Morgan fingerprint density at radius 2 is 0.983 bits per heavy atom. The first-order valence-electron chi connectivity index (χ1n) is 18.1. The summed E-state index contributed by atoms with van der Waals surface area (Å²) >= 11 is 1.18. The highest BCUT2D eigenvalue weighted by Crippen LogP contribution is 2.37. The van der Waals surface area contributed by atoms with Crippen LogP contribution in [0.1, 0.15) is 27.7 Å². The maximum Gasteiger partial charge on any atom is 0.296 e. The van der Waals surface area contributed by atoms with Crippen LogP contribution < -0.4 is 20.4 Å². The third kappa shape index (κ3) is 11.3. The largest absolute Gasteiger partial charge is 0.396 e. The van der Waals surface area contributed by atoms with E-state index in [0.29, 0.717) is 48.9 Å². The quantitative estimate of drug-likeness (QED) is 0.0297. The minimum Gasteiger partial charge on any atom is -0.396 e. The van der Waals surface area contributed by atoms with E-state index in [9.17, 15) is 31.0 Å². The number of aliphatic hydroxyl groups excluding tert-OH is 1. The predicted octanol–water partition coefficient (Wildman–Crippen LogP) is 8.46. The lowest BCUT2D eigenvalue weighted by atomic mass is 10.2. The molecule has 0 aliphatic heterocycles. The molecular formula is C37H43N11O7S3. The first-order chi connectivity index (χ1) is 27.8. The molecule has 306 valence electrons. The number of aliphatic hydroxyl groups is 1. The molecule has 1 heterocycles. The van der Waals surface area contributed by atoms with Gasteiger partial charge in [0.05, 0.1) is 18.0 Å². The highest BCUT2D eigenvalue weighted by molar-refractivity contribution is 7.99. The first-order valence-corrected chi connectivity index (χ1v) is 21.9. The van der Waals surface area contributed by atoms with Crippen molar-refractivity contribution in [1.29, 1.82) is 0 Å². The zero-order valence-corrected chi connectivity index (χ0v) is 34.5. The number of anilines is 6. The Hall–Kier alpha value is -5.58. The van der Waals surface area contributed by atoms with Crippen molar-refractivity contribution < 1.29 is 31.0 Å². The Morgan fingerprint density at radius 1 is 0.586 bits per heavy atom. The van der Waals surface area contributed by atoms with Crippen molar-refractivity contribution in [3.8, 4) is 0 Å². The van der Waals surface area contributed by atoms with E-state index in [1.807, 2.05) is 52.0 Å². The van der Waals surface area contributed by atoms with E-state index in [1.54, 1.807) is 24.3 Å². The SMILES string of the molecule is CCN(CC)c1ccc(N=Nc2ccccc2S(=O)(=O)O)c(Nc2nc(Nc3cc(N(CC)CC)ccc3N=Nc3ccccc3S(=O)(=O)O)nc(SCCO)n2)c1. The van der Waals surface area contributed by atoms with Gasteiger partial charge in [-0.1, -0.05) is 36.0 Å². The maximum atomic E-state index is 12.0. The molecule has 0 radical (unpaired) electrons. The van der Waals surface area contributed by atoms with E-state index < -0.39 is 30.0 Å². The second-order valence-electron chi connectivity index (χ2n) is 12.1. The van der Waals surface area contributed by atoms with Gasteiger partial charge in [-0.25, -0.2) is 0 Å². The van der Waals surface area contributed by atoms with Crippen LogP contribution in [0.2, 0.25) is 0 Å². The average Bonchev–Trinajstić information content (AvgIpc) is 3.20. The van der Waals surface area contributed by atoms with Crippen molar-refractivity contribution in [3.05, 3.63) is 84.9 Å². The van der Waals surface area contributed by atoms with Gasteiger partial charge in [-0.05, 0) is 88.4 Å². The Bertz CT molecular complexity index is 2330. The summed E-state index contributed by atoms with van der Waals surface area (Å²) in [6, 6.07) is 22.1. The summed E-state index contributed by atoms with van der Waals surface area (Å²) in [5.41, 5.74) is 2.93. The molecule has 0 saturated carbocycles. The van der Waals surface area contributed by atoms with Crippen molar-refractivity contribution >= 4 is 89.4 Å². The lowest BCUT2D eigenvalue weighted by Gasteiger charge is -2.22. The predicted molar refractivity (Wildman–Crippen MR) is 225 cm³/mol. The van der Waals surface area contributed by atoms with Crippen molar-refractivity contribution in [2.24, 2.45) is 20.5 Å². The van der Waals surface area contributed by atoms with Crippen LogP contribution in [0, 0.1) is 0 Å². The Labute approximate surface area is 341 Å². The first kappa shape index (κ1) is 43.5. The van der Waals surface area contributed by atoms with Gasteiger partial charge < -0.3 is 25.5 Å². The van der Waals surface area contributed by atoms with Crippen molar-refractivity contribution in [3.63, 3.8) is 0 Å². The van der Waals surface area contributed by atoms with E-state index in [0.717, 1.165) is 11.4 Å². The molecular weight excluding hydrogens is 807 g/mol. The van der Waals surface area contributed by atoms with Crippen molar-refractivity contribution in [2.75, 3.05) is 59.0 Å². The number of hydrogen-bond acceptors (Lipinski definition) is 17. The molecule has 0 aliphatic rings. The van der Waals surface area contributed by atoms with Crippen LogP contribution in [-0.2, 0) is 20.2 Å². The van der Waals surface area contributed by atoms with Crippen LogP contribution in [0.25, 0.3) is 0 Å². The molecule has 5 N–H and O–H groups in total. The van der Waals surface area contributed by atoms with Crippen molar-refractivity contribution in [1.82, 2.24) is 15.0 Å². The molecule has 4 aromatic carbocycles. The minimum atomic E-state index is -4.58. The van der Waals surface area contributed by atoms with Crippen LogP contribution in [0.5, 0.6) is 0 Å². The molecule has 5 aromatic rings. The smallest absolute Gasteiger partial charge is 0.296 e. The molecule has 18 nitrogen and oxygen atoms in total. The Kier molecular flexibility index (Phi) is 14.8. The Morgan fingerprint density at radius 3 is 1.36 bits per heavy atom. The molecule has 21 heteroatoms. The number of nitrogens with zero attached hydrogens (tertiary/aromatic N) is 9. The molecule has 0 fully saturated rings. The topological polar surface area (TPSA) is 248 Å². The molecule has 0 saturated heterocycles. The van der Waals surface area contributed by atoms with E-state index in [2.05, 4.69) is 55.8 Å². The lowest BCUT2D eigenvalue weighted by molar-refractivity contribution is 0.322. The molecule has 1 aromatic heterocycles. The van der Waals surface area contributed by atoms with Crippen LogP contribution >= 0.6 is 11.8 Å². The number of nitrogens with one attached hydrogen (secondary N) is 2. The molecule has 0 atom stereocenters. The minimum absolute atomic E-state index is 0.0699. The Balaban J connectivity index is 1.60. The average molecular weight is 850 g/mol. The fourth-order valence-corrected chi connectivity index (χ4v) is 7.46. The second kappa shape index (κ2) is 19.7. The van der Waals surface area contributed by atoms with Gasteiger partial charge in [0.1, 0.15) is 32.5 Å². The van der Waals surface area contributed by atoms with Gasteiger partial charge in [0.2, 0.25) is 11.9 Å². The van der Waals surface area contributed by atoms with E-state index >= 15 is 0 Å². The van der Waals surface area contributed by atoms with Gasteiger partial charge in [-0.2, -0.15) is 31.8 Å². The summed E-state index contributed by atoms with van der Waals surface area (Å²) in [7, 11) is -9.17. The van der Waals surface area contributed by atoms with Gasteiger partial charge >= 0.3 is 0 Å². The summed E-state index contributed by atoms with van der Waals surface area (Å²) in [6.07, 6.45) is 0. The summed E-state index contributed by atoms with van der Waals surface area (Å²) in [5.74, 6) is 0.431. The monoisotopic (exact) mass is 849 g/mol. The van der Waals surface area contributed by atoms with Crippen LogP contribution in [0.4, 0.5) is 57.4 Å². The summed E-state index contributed by atoms with van der Waals surface area (Å²) in [4.78, 5) is 17.2. The normalized spacial score (nSPS) is 12.0. The number of azo groups is 2. The zero-order valence-electron chi connectivity index (χ0n) is 32.0. The molecule has 58 heavy (non-hydrogen) atoms. The number of thioether (sulfide) groups is 1. The van der Waals surface area contributed by atoms with Crippen LogP contribution in [0.3, 0.4) is 0 Å². The highest BCUT2D eigenvalue weighted by Gasteiger charge is 2.18. The molecule has 0 amide bonds. The molecule has 0 aliphatic carbocycles. The fourth-order valence-electron chi connectivity index (χ4n) is 5.64.